The van der Waals surface area contributed by atoms with Crippen LogP contribution in [0.15, 0.2) is 60.7 Å². The van der Waals surface area contributed by atoms with Crippen molar-refractivity contribution in [3.05, 3.63) is 71.8 Å². The molecule has 10 atom stereocenters. The van der Waals surface area contributed by atoms with Crippen LogP contribution in [0.3, 0.4) is 0 Å². The molecular weight excluding hydrogens is 768 g/mol. The molecule has 4 fully saturated rings. The number of hydrogen-bond acceptors (Lipinski definition) is 9. The number of hydrogen-bond donors (Lipinski definition) is 4. The van der Waals surface area contributed by atoms with Gasteiger partial charge in [-0.1, -0.05) is 88.4 Å². The van der Waals surface area contributed by atoms with Gasteiger partial charge in [-0.05, 0) is 109 Å². The summed E-state index contributed by atoms with van der Waals surface area (Å²) in [6, 6.07) is 22.1. The summed E-state index contributed by atoms with van der Waals surface area (Å²) in [6.45, 7) is 9.89. The number of benzene rings is 2. The molecule has 4 saturated carbocycles. The minimum absolute atomic E-state index is 0.715. The third kappa shape index (κ3) is 20.8. The second kappa shape index (κ2) is 21.1. The Kier molecular flexibility index (Phi) is 19.4. The largest absolute Gasteiger partial charge is 0.425 e. The Bertz CT molecular complexity index is 1600. The Hall–Kier alpha value is -1.96. The summed E-state index contributed by atoms with van der Waals surface area (Å²) in [6.07, 6.45) is 9.36. The lowest BCUT2D eigenvalue weighted by molar-refractivity contribution is 0.189. The Morgan fingerprint density at radius 1 is 0.588 bits per heavy atom. The zero-order valence-electron chi connectivity index (χ0n) is 29.3. The van der Waals surface area contributed by atoms with Crippen molar-refractivity contribution in [3.63, 3.8) is 0 Å². The SMILES string of the molecule is CC1C2CC(Cc3ccccc3)C(C2)C1C.CC1C2CC(Cc3ccccc3)C(C2)C1C.CS(=O)(=O)O.O=S(=O)(O)Cl.O=S(=O)(O)O.O=S(=O)=O. The quantitative estimate of drug-likeness (QED) is 0.199. The molecule has 0 amide bonds. The van der Waals surface area contributed by atoms with Crippen LogP contribution in [0.25, 0.3) is 0 Å². The van der Waals surface area contributed by atoms with Gasteiger partial charge in [0.15, 0.2) is 0 Å². The second-order valence-corrected chi connectivity index (χ2v) is 18.7. The van der Waals surface area contributed by atoms with Crippen LogP contribution >= 0.6 is 10.7 Å². The average molecular weight is 819 g/mol. The van der Waals surface area contributed by atoms with E-state index < -0.39 is 40.5 Å². The molecule has 13 nitrogen and oxygen atoms in total. The van der Waals surface area contributed by atoms with Gasteiger partial charge in [0.1, 0.15) is 0 Å². The molecule has 4 aliphatic rings. The van der Waals surface area contributed by atoms with Crippen LogP contribution in [0, 0.1) is 59.2 Å². The first-order chi connectivity index (χ1) is 23.2. The number of fused-ring (bicyclic) bond motifs is 4. The van der Waals surface area contributed by atoms with E-state index in [1.54, 1.807) is 11.1 Å². The normalized spacial score (nSPS) is 29.9. The molecule has 10 unspecified atom stereocenters. The van der Waals surface area contributed by atoms with Crippen molar-refractivity contribution in [2.24, 2.45) is 59.2 Å². The summed E-state index contributed by atoms with van der Waals surface area (Å²) < 4.78 is 108. The van der Waals surface area contributed by atoms with Crippen molar-refractivity contribution in [2.75, 3.05) is 6.26 Å². The highest BCUT2D eigenvalue weighted by Crippen LogP contribution is 2.56. The maximum absolute atomic E-state index is 9.19. The van der Waals surface area contributed by atoms with E-state index >= 15 is 0 Å². The van der Waals surface area contributed by atoms with E-state index in [1.807, 2.05) is 0 Å². The predicted octanol–water partition coefficient (Wildman–Crippen LogP) is 6.19. The molecule has 6 rings (SSSR count). The maximum Gasteiger partial charge on any atom is 0.425 e. The third-order valence-electron chi connectivity index (χ3n) is 10.7. The Morgan fingerprint density at radius 2 is 0.824 bits per heavy atom. The Balaban J connectivity index is 0.000000345. The Labute approximate surface area is 309 Å². The van der Waals surface area contributed by atoms with Gasteiger partial charge < -0.3 is 0 Å². The van der Waals surface area contributed by atoms with Crippen LogP contribution < -0.4 is 0 Å². The molecule has 0 aromatic heterocycles. The average Bonchev–Trinajstić information content (AvgIpc) is 3.70. The molecule has 292 valence electrons. The monoisotopic (exact) mass is 818 g/mol. The van der Waals surface area contributed by atoms with Gasteiger partial charge in [0.2, 0.25) is 0 Å². The van der Waals surface area contributed by atoms with Crippen molar-refractivity contribution in [3.8, 4) is 0 Å². The van der Waals surface area contributed by atoms with Crippen molar-refractivity contribution in [2.45, 2.75) is 66.2 Å². The highest BCUT2D eigenvalue weighted by molar-refractivity contribution is 8.09. The van der Waals surface area contributed by atoms with E-state index in [1.165, 1.54) is 38.5 Å². The van der Waals surface area contributed by atoms with E-state index in [4.69, 9.17) is 47.7 Å². The van der Waals surface area contributed by atoms with E-state index in [0.717, 1.165) is 59.2 Å². The highest BCUT2D eigenvalue weighted by Gasteiger charge is 2.49. The van der Waals surface area contributed by atoms with Crippen LogP contribution in [-0.4, -0.2) is 62.3 Å². The standard InChI is InChI=1S/2C16H22.CH4O3S.ClHO3S.H2O4S.O3S/c2*1-11-12(2)16-10-14(11)9-15(16)8-13-6-4-3-5-7-13;3*1-5(2,3)4;1-4(2)3/h2*3-7,11-12,14-16H,8-10H2,1-2H3;1H3,(H,2,3,4);(H,2,3,4);(H2,1,2,3,4);. The summed E-state index contributed by atoms with van der Waals surface area (Å²) >= 11 is 0. The lowest BCUT2D eigenvalue weighted by atomic mass is 9.74. The molecule has 0 radical (unpaired) electrons. The summed E-state index contributed by atoms with van der Waals surface area (Å²) in [5, 5.41) is 0. The van der Waals surface area contributed by atoms with Crippen LogP contribution in [0.4, 0.5) is 0 Å². The second-order valence-electron chi connectivity index (χ2n) is 13.9. The molecule has 18 heteroatoms. The van der Waals surface area contributed by atoms with Gasteiger partial charge in [0.05, 0.1) is 6.26 Å². The van der Waals surface area contributed by atoms with Gasteiger partial charge in [0, 0.05) is 10.7 Å². The van der Waals surface area contributed by atoms with E-state index in [-0.39, 0.29) is 0 Å². The lowest BCUT2D eigenvalue weighted by Gasteiger charge is -2.31. The molecule has 2 aromatic rings. The zero-order chi connectivity index (χ0) is 39.3. The summed E-state index contributed by atoms with van der Waals surface area (Å²) in [7, 11) is -11.6. The number of halogens is 1. The first-order valence-corrected chi connectivity index (χ1v) is 22.9. The summed E-state index contributed by atoms with van der Waals surface area (Å²) in [5.74, 6) is 9.94. The molecular formula is C33H51ClO13S4. The van der Waals surface area contributed by atoms with Gasteiger partial charge in [-0.15, -0.1) is 12.6 Å². The fourth-order valence-corrected chi connectivity index (χ4v) is 8.49. The van der Waals surface area contributed by atoms with Crippen molar-refractivity contribution in [1.82, 2.24) is 0 Å². The maximum atomic E-state index is 9.19. The molecule has 4 N–H and O–H groups in total. The van der Waals surface area contributed by atoms with Crippen LogP contribution in [-0.2, 0) is 53.3 Å². The fraction of sp³-hybridized carbons (Fsp3) is 0.636. The highest BCUT2D eigenvalue weighted by atomic mass is 35.7. The predicted molar refractivity (Wildman–Crippen MR) is 195 cm³/mol. The first kappa shape index (κ1) is 47.1. The van der Waals surface area contributed by atoms with E-state index in [9.17, 15) is 8.42 Å². The van der Waals surface area contributed by atoms with Gasteiger partial charge in [0.25, 0.3) is 10.1 Å². The molecule has 0 saturated heterocycles. The van der Waals surface area contributed by atoms with E-state index in [2.05, 4.69) is 99.0 Å². The zero-order valence-corrected chi connectivity index (χ0v) is 33.3. The van der Waals surface area contributed by atoms with E-state index in [0.29, 0.717) is 6.26 Å². The molecule has 4 bridgehead atoms. The molecule has 51 heavy (non-hydrogen) atoms. The van der Waals surface area contributed by atoms with Gasteiger partial charge in [-0.25, -0.2) is 0 Å². The summed E-state index contributed by atoms with van der Waals surface area (Å²) in [4.78, 5) is 0. The van der Waals surface area contributed by atoms with Crippen LogP contribution in [0.1, 0.15) is 64.5 Å². The lowest BCUT2D eigenvalue weighted by Crippen LogP contribution is -2.25. The minimum atomic E-state index is -4.67. The van der Waals surface area contributed by atoms with Crippen LogP contribution in [0.2, 0.25) is 0 Å². The fourth-order valence-electron chi connectivity index (χ4n) is 8.49. The minimum Gasteiger partial charge on any atom is -0.286 e. The van der Waals surface area contributed by atoms with Crippen molar-refractivity contribution >= 4 is 51.1 Å². The van der Waals surface area contributed by atoms with Gasteiger partial charge in [-0.2, -0.15) is 25.3 Å². The van der Waals surface area contributed by atoms with Crippen LogP contribution in [0.5, 0.6) is 0 Å². The van der Waals surface area contributed by atoms with Gasteiger partial charge in [-0.3, -0.25) is 18.2 Å². The van der Waals surface area contributed by atoms with Crippen molar-refractivity contribution < 1.29 is 56.1 Å². The van der Waals surface area contributed by atoms with Gasteiger partial charge >= 0.3 is 30.3 Å². The van der Waals surface area contributed by atoms with Crippen molar-refractivity contribution in [1.29, 1.82) is 0 Å². The first-order valence-electron chi connectivity index (χ1n) is 16.4. The Morgan fingerprint density at radius 3 is 1.02 bits per heavy atom. The molecule has 0 spiro atoms. The molecule has 0 aliphatic heterocycles. The molecule has 4 aliphatic carbocycles. The smallest absolute Gasteiger partial charge is 0.286 e. The molecule has 0 heterocycles. The number of rotatable bonds is 4. The molecule has 2 aromatic carbocycles. The topological polar surface area (TPSA) is 235 Å². The third-order valence-corrected chi connectivity index (χ3v) is 10.7. The summed E-state index contributed by atoms with van der Waals surface area (Å²) in [5.41, 5.74) is 3.08.